The number of ether oxygens (including phenoxy) is 1. The molecule has 0 radical (unpaired) electrons. The van der Waals surface area contributed by atoms with Gasteiger partial charge in [-0.3, -0.25) is 0 Å². The van der Waals surface area contributed by atoms with Crippen molar-refractivity contribution in [3.8, 4) is 17.0 Å². The number of aromatic nitrogens is 3. The van der Waals surface area contributed by atoms with E-state index in [2.05, 4.69) is 20.3 Å². The van der Waals surface area contributed by atoms with Crippen LogP contribution in [-0.4, -0.2) is 65.9 Å². The van der Waals surface area contributed by atoms with Gasteiger partial charge >= 0.3 is 0 Å². The third-order valence-corrected chi connectivity index (χ3v) is 7.59. The van der Waals surface area contributed by atoms with Crippen LogP contribution in [-0.2, 0) is 22.9 Å². The molecule has 1 aliphatic rings. The Morgan fingerprint density at radius 3 is 2.62 bits per heavy atom. The first-order chi connectivity index (χ1) is 17.7. The van der Waals surface area contributed by atoms with E-state index in [9.17, 15) is 13.5 Å². The largest absolute Gasteiger partial charge is 0.495 e. The average molecular weight is 523 g/mol. The first-order valence-corrected chi connectivity index (χ1v) is 13.6. The van der Waals surface area contributed by atoms with Crippen molar-refractivity contribution in [1.29, 1.82) is 0 Å². The van der Waals surface area contributed by atoms with Crippen LogP contribution >= 0.6 is 0 Å². The van der Waals surface area contributed by atoms with Crippen molar-refractivity contribution in [3.05, 3.63) is 66.1 Å². The van der Waals surface area contributed by atoms with Crippen molar-refractivity contribution in [2.75, 3.05) is 32.1 Å². The fourth-order valence-electron chi connectivity index (χ4n) is 4.94. The molecule has 1 atom stereocenters. The Balaban J connectivity index is 1.60. The Labute approximate surface area is 215 Å². The molecular weight excluding hydrogens is 492 g/mol. The number of nitrogens with two attached hydrogens (primary N) is 1. The molecule has 0 saturated heterocycles. The standard InChI is InChI=1S/C26H30N6O4S/c1-17(33)15-31-10-8-18-12-22(24(36-2)13-19(18)9-11-31)30-26-21(4-3-5-25(26)37(27,34)35)23-7-6-20-14-28-16-29-32(20)23/h3-7,12-14,16-17,30,33H,8-11,15H2,1-2H3,(H2,27,34,35). The molecule has 194 valence electrons. The zero-order valence-electron chi connectivity index (χ0n) is 20.8. The Kier molecular flexibility index (Phi) is 6.86. The molecule has 0 spiro atoms. The van der Waals surface area contributed by atoms with E-state index in [4.69, 9.17) is 9.88 Å². The van der Waals surface area contributed by atoms with Gasteiger partial charge in [0.15, 0.2) is 0 Å². The number of methoxy groups -OCH3 is 1. The number of aliphatic hydroxyl groups is 1. The number of nitrogens with zero attached hydrogens (tertiary/aromatic N) is 4. The molecule has 0 amide bonds. The second-order valence-corrected chi connectivity index (χ2v) is 10.8. The van der Waals surface area contributed by atoms with Crippen LogP contribution in [0.1, 0.15) is 18.1 Å². The molecule has 0 saturated carbocycles. The summed E-state index contributed by atoms with van der Waals surface area (Å²) >= 11 is 0. The van der Waals surface area contributed by atoms with Gasteiger partial charge in [-0.2, -0.15) is 5.10 Å². The number of sulfonamides is 1. The monoisotopic (exact) mass is 522 g/mol. The van der Waals surface area contributed by atoms with E-state index >= 15 is 0 Å². The SMILES string of the molecule is COc1cc2c(cc1Nc1c(-c3ccc4cncnn34)cccc1S(N)(=O)=O)CCN(CC(C)O)CC2. The quantitative estimate of drug-likeness (QED) is 0.337. The molecule has 37 heavy (non-hydrogen) atoms. The summed E-state index contributed by atoms with van der Waals surface area (Å²) < 4.78 is 32.7. The molecule has 4 N–H and O–H groups in total. The number of para-hydroxylation sites is 1. The van der Waals surface area contributed by atoms with Gasteiger partial charge < -0.3 is 20.1 Å². The minimum Gasteiger partial charge on any atom is -0.495 e. The highest BCUT2D eigenvalue weighted by atomic mass is 32.2. The van der Waals surface area contributed by atoms with Crippen LogP contribution in [0.25, 0.3) is 16.8 Å². The highest BCUT2D eigenvalue weighted by Crippen LogP contribution is 2.39. The zero-order chi connectivity index (χ0) is 26.2. The maximum absolute atomic E-state index is 12.6. The van der Waals surface area contributed by atoms with Crippen molar-refractivity contribution in [2.24, 2.45) is 5.14 Å². The van der Waals surface area contributed by atoms with E-state index in [1.807, 2.05) is 30.3 Å². The average Bonchev–Trinajstić information content (AvgIpc) is 3.19. The van der Waals surface area contributed by atoms with Crippen molar-refractivity contribution in [1.82, 2.24) is 19.5 Å². The van der Waals surface area contributed by atoms with Gasteiger partial charge in [0.2, 0.25) is 10.0 Å². The van der Waals surface area contributed by atoms with Gasteiger partial charge in [0.25, 0.3) is 0 Å². The number of anilines is 2. The summed E-state index contributed by atoms with van der Waals surface area (Å²) in [6.07, 6.45) is 4.35. The summed E-state index contributed by atoms with van der Waals surface area (Å²) in [5, 5.41) is 23.1. The van der Waals surface area contributed by atoms with Crippen molar-refractivity contribution in [2.45, 2.75) is 30.8 Å². The molecule has 1 unspecified atom stereocenters. The van der Waals surface area contributed by atoms with Gasteiger partial charge in [0, 0.05) is 25.2 Å². The Morgan fingerprint density at radius 1 is 1.16 bits per heavy atom. The Bertz CT molecular complexity index is 1550. The number of primary sulfonamides is 1. The van der Waals surface area contributed by atoms with Crippen molar-refractivity contribution < 1.29 is 18.3 Å². The third kappa shape index (κ3) is 5.16. The molecule has 2 aromatic heterocycles. The predicted octanol–water partition coefficient (Wildman–Crippen LogP) is 2.58. The molecule has 0 fully saturated rings. The van der Waals surface area contributed by atoms with Crippen molar-refractivity contribution in [3.63, 3.8) is 0 Å². The predicted molar refractivity (Wildman–Crippen MR) is 142 cm³/mol. The second-order valence-electron chi connectivity index (χ2n) is 9.28. The first-order valence-electron chi connectivity index (χ1n) is 12.1. The Hall–Kier alpha value is -3.51. The van der Waals surface area contributed by atoms with Crippen LogP contribution in [0.2, 0.25) is 0 Å². The molecular formula is C26H30N6O4S. The maximum Gasteiger partial charge on any atom is 0.240 e. The van der Waals surface area contributed by atoms with E-state index in [1.165, 1.54) is 18.0 Å². The molecule has 11 heteroatoms. The lowest BCUT2D eigenvalue weighted by Crippen LogP contribution is -2.33. The zero-order valence-corrected chi connectivity index (χ0v) is 21.6. The maximum atomic E-state index is 12.6. The van der Waals surface area contributed by atoms with E-state index in [0.717, 1.165) is 37.0 Å². The van der Waals surface area contributed by atoms with E-state index in [0.29, 0.717) is 34.9 Å². The number of nitrogens with one attached hydrogen (secondary N) is 1. The number of hydrogen-bond donors (Lipinski definition) is 3. The summed E-state index contributed by atoms with van der Waals surface area (Å²) in [4.78, 5) is 6.28. The fraction of sp³-hybridized carbons (Fsp3) is 0.308. The van der Waals surface area contributed by atoms with E-state index in [-0.39, 0.29) is 4.90 Å². The molecule has 0 bridgehead atoms. The van der Waals surface area contributed by atoms with Gasteiger partial charge in [0.05, 0.1) is 42.0 Å². The number of aliphatic hydroxyl groups excluding tert-OH is 1. The second kappa shape index (κ2) is 10.1. The highest BCUT2D eigenvalue weighted by Gasteiger charge is 2.23. The van der Waals surface area contributed by atoms with Crippen LogP contribution in [0.15, 0.2) is 59.9 Å². The molecule has 5 rings (SSSR count). The summed E-state index contributed by atoms with van der Waals surface area (Å²) in [5.74, 6) is 0.597. The van der Waals surface area contributed by atoms with E-state index < -0.39 is 16.1 Å². The van der Waals surface area contributed by atoms with Gasteiger partial charge in [-0.05, 0) is 61.2 Å². The Morgan fingerprint density at radius 2 is 1.92 bits per heavy atom. The minimum atomic E-state index is -4.06. The first kappa shape index (κ1) is 25.2. The number of β-amino-alcohol motifs (C(OH)–C–C–N with tert-alkyl or cyclic N) is 1. The summed E-state index contributed by atoms with van der Waals surface area (Å²) in [6.45, 7) is 4.08. The number of rotatable bonds is 7. The van der Waals surface area contributed by atoms with E-state index in [1.54, 1.807) is 30.8 Å². The number of hydrogen-bond acceptors (Lipinski definition) is 8. The molecule has 2 aromatic carbocycles. The van der Waals surface area contributed by atoms with Gasteiger partial charge in [-0.1, -0.05) is 12.1 Å². The summed E-state index contributed by atoms with van der Waals surface area (Å²) in [6, 6.07) is 12.7. The van der Waals surface area contributed by atoms with Crippen LogP contribution in [0, 0.1) is 0 Å². The topological polar surface area (TPSA) is 135 Å². The lowest BCUT2D eigenvalue weighted by Gasteiger charge is -2.20. The smallest absolute Gasteiger partial charge is 0.240 e. The lowest BCUT2D eigenvalue weighted by molar-refractivity contribution is 0.129. The lowest BCUT2D eigenvalue weighted by atomic mass is 10.0. The van der Waals surface area contributed by atoms with Crippen molar-refractivity contribution >= 4 is 26.9 Å². The van der Waals surface area contributed by atoms with Crippen LogP contribution < -0.4 is 15.2 Å². The highest BCUT2D eigenvalue weighted by molar-refractivity contribution is 7.89. The molecule has 4 aromatic rings. The normalized spacial score (nSPS) is 15.2. The van der Waals surface area contributed by atoms with Gasteiger partial charge in [0.1, 0.15) is 17.0 Å². The van der Waals surface area contributed by atoms with Crippen LogP contribution in [0.3, 0.4) is 0 Å². The minimum absolute atomic E-state index is 0.0332. The van der Waals surface area contributed by atoms with Crippen LogP contribution in [0.5, 0.6) is 5.75 Å². The van der Waals surface area contributed by atoms with Gasteiger partial charge in [-0.15, -0.1) is 0 Å². The molecule has 3 heterocycles. The number of fused-ring (bicyclic) bond motifs is 2. The summed E-state index contributed by atoms with van der Waals surface area (Å²) in [5.41, 5.74) is 5.37. The molecule has 10 nitrogen and oxygen atoms in total. The fourth-order valence-corrected chi connectivity index (χ4v) is 5.65. The third-order valence-electron chi connectivity index (χ3n) is 6.63. The molecule has 1 aliphatic heterocycles. The van der Waals surface area contributed by atoms with Crippen LogP contribution in [0.4, 0.5) is 11.4 Å². The summed E-state index contributed by atoms with van der Waals surface area (Å²) in [7, 11) is -2.47. The number of benzene rings is 2. The van der Waals surface area contributed by atoms with Gasteiger partial charge in [-0.25, -0.2) is 23.1 Å². The molecule has 0 aliphatic carbocycles.